The fourth-order valence-electron chi connectivity index (χ4n) is 3.82. The summed E-state index contributed by atoms with van der Waals surface area (Å²) >= 11 is 6.24. The highest BCUT2D eigenvalue weighted by molar-refractivity contribution is 6.32. The van der Waals surface area contributed by atoms with Crippen molar-refractivity contribution in [3.63, 3.8) is 0 Å². The number of nitrogens with zero attached hydrogens (tertiary/aromatic N) is 2. The summed E-state index contributed by atoms with van der Waals surface area (Å²) in [5.74, 6) is 1.08. The molecule has 0 N–H and O–H groups in total. The number of aryl methyl sites for hydroxylation is 1. The standard InChI is InChI=1S/C22H25ClN2O3/c23-19-14-18(15-20-21(19)28-16-27-20)22(26)25-11-5-10-24(12-13-25)9-4-8-17-6-2-1-3-7-17/h1-3,6-7,14-15H,4-5,8-13,16H2. The number of carbonyl (C=O) groups excluding carboxylic acids is 1. The first kappa shape index (κ1) is 19.1. The van der Waals surface area contributed by atoms with E-state index in [0.29, 0.717) is 22.1 Å². The van der Waals surface area contributed by atoms with Crippen molar-refractivity contribution in [2.75, 3.05) is 39.5 Å². The van der Waals surface area contributed by atoms with Crippen LogP contribution in [-0.2, 0) is 6.42 Å². The number of halogens is 1. The van der Waals surface area contributed by atoms with Crippen LogP contribution in [0.3, 0.4) is 0 Å². The fourth-order valence-corrected chi connectivity index (χ4v) is 4.09. The Kier molecular flexibility index (Phi) is 6.03. The summed E-state index contributed by atoms with van der Waals surface area (Å²) in [4.78, 5) is 17.3. The van der Waals surface area contributed by atoms with Crippen LogP contribution in [0.1, 0.15) is 28.8 Å². The van der Waals surface area contributed by atoms with E-state index in [1.165, 1.54) is 5.56 Å². The molecule has 0 radical (unpaired) electrons. The minimum absolute atomic E-state index is 0.00587. The molecule has 0 unspecified atom stereocenters. The van der Waals surface area contributed by atoms with E-state index in [-0.39, 0.29) is 12.7 Å². The molecule has 0 atom stereocenters. The monoisotopic (exact) mass is 400 g/mol. The van der Waals surface area contributed by atoms with Crippen LogP contribution in [0, 0.1) is 0 Å². The summed E-state index contributed by atoms with van der Waals surface area (Å²) in [5, 5.41) is 0.427. The van der Waals surface area contributed by atoms with E-state index in [9.17, 15) is 4.79 Å². The Labute approximate surface area is 170 Å². The van der Waals surface area contributed by atoms with E-state index in [2.05, 4.69) is 35.2 Å². The molecule has 0 saturated carbocycles. The van der Waals surface area contributed by atoms with Crippen LogP contribution >= 0.6 is 11.6 Å². The number of ether oxygens (including phenoxy) is 2. The van der Waals surface area contributed by atoms with Crippen molar-refractivity contribution < 1.29 is 14.3 Å². The van der Waals surface area contributed by atoms with E-state index in [1.54, 1.807) is 12.1 Å². The number of carbonyl (C=O) groups is 1. The van der Waals surface area contributed by atoms with Crippen LogP contribution in [0.25, 0.3) is 0 Å². The molecule has 2 aromatic rings. The minimum Gasteiger partial charge on any atom is -0.454 e. The SMILES string of the molecule is O=C(c1cc(Cl)c2c(c1)OCO2)N1CCCN(CCCc2ccccc2)CC1. The van der Waals surface area contributed by atoms with Gasteiger partial charge in [-0.1, -0.05) is 41.9 Å². The maximum Gasteiger partial charge on any atom is 0.254 e. The van der Waals surface area contributed by atoms with E-state index < -0.39 is 0 Å². The van der Waals surface area contributed by atoms with Gasteiger partial charge in [-0.2, -0.15) is 0 Å². The van der Waals surface area contributed by atoms with Gasteiger partial charge in [0.15, 0.2) is 11.5 Å². The van der Waals surface area contributed by atoms with E-state index in [4.69, 9.17) is 21.1 Å². The highest BCUT2D eigenvalue weighted by Gasteiger charge is 2.24. The van der Waals surface area contributed by atoms with Gasteiger partial charge in [-0.05, 0) is 50.0 Å². The average molecular weight is 401 g/mol. The van der Waals surface area contributed by atoms with Gasteiger partial charge in [-0.25, -0.2) is 0 Å². The fraction of sp³-hybridized carbons (Fsp3) is 0.409. The summed E-state index contributed by atoms with van der Waals surface area (Å²) in [6, 6.07) is 14.0. The van der Waals surface area contributed by atoms with Gasteiger partial charge in [0.1, 0.15) is 0 Å². The molecule has 28 heavy (non-hydrogen) atoms. The van der Waals surface area contributed by atoms with Crippen LogP contribution in [0.15, 0.2) is 42.5 Å². The third-order valence-corrected chi connectivity index (χ3v) is 5.61. The summed E-state index contributed by atoms with van der Waals surface area (Å²) in [7, 11) is 0. The second kappa shape index (κ2) is 8.84. The maximum atomic E-state index is 13.0. The normalized spacial score (nSPS) is 16.8. The first-order valence-corrected chi connectivity index (χ1v) is 10.2. The van der Waals surface area contributed by atoms with Crippen molar-refractivity contribution >= 4 is 17.5 Å². The molecule has 4 rings (SSSR count). The molecule has 148 valence electrons. The molecular weight excluding hydrogens is 376 g/mol. The van der Waals surface area contributed by atoms with Crippen LogP contribution in [0.5, 0.6) is 11.5 Å². The predicted molar refractivity (Wildman–Crippen MR) is 109 cm³/mol. The molecule has 2 aliphatic heterocycles. The zero-order chi connectivity index (χ0) is 19.3. The van der Waals surface area contributed by atoms with Crippen molar-refractivity contribution in [1.29, 1.82) is 0 Å². The van der Waals surface area contributed by atoms with E-state index >= 15 is 0 Å². The third kappa shape index (κ3) is 4.42. The van der Waals surface area contributed by atoms with Crippen molar-refractivity contribution in [3.05, 3.63) is 58.6 Å². The van der Waals surface area contributed by atoms with Gasteiger partial charge in [-0.3, -0.25) is 4.79 Å². The number of amides is 1. The molecule has 6 heteroatoms. The Hall–Kier alpha value is -2.24. The van der Waals surface area contributed by atoms with Gasteiger partial charge in [-0.15, -0.1) is 0 Å². The van der Waals surface area contributed by atoms with Crippen molar-refractivity contribution in [3.8, 4) is 11.5 Å². The van der Waals surface area contributed by atoms with Gasteiger partial charge >= 0.3 is 0 Å². The van der Waals surface area contributed by atoms with E-state index in [0.717, 1.165) is 52.0 Å². The first-order valence-electron chi connectivity index (χ1n) is 9.85. The largest absolute Gasteiger partial charge is 0.454 e. The highest BCUT2D eigenvalue weighted by atomic mass is 35.5. The van der Waals surface area contributed by atoms with Crippen molar-refractivity contribution in [2.45, 2.75) is 19.3 Å². The minimum atomic E-state index is 0.00587. The average Bonchev–Trinajstić information content (AvgIpc) is 3.07. The number of hydrogen-bond acceptors (Lipinski definition) is 4. The molecule has 2 aliphatic rings. The van der Waals surface area contributed by atoms with Crippen LogP contribution in [0.4, 0.5) is 0 Å². The van der Waals surface area contributed by atoms with Gasteiger partial charge in [0.2, 0.25) is 6.79 Å². The lowest BCUT2D eigenvalue weighted by molar-refractivity contribution is 0.0761. The molecule has 0 spiro atoms. The number of rotatable bonds is 5. The number of fused-ring (bicyclic) bond motifs is 1. The lowest BCUT2D eigenvalue weighted by atomic mass is 10.1. The van der Waals surface area contributed by atoms with E-state index in [1.807, 2.05) is 4.90 Å². The van der Waals surface area contributed by atoms with Gasteiger partial charge in [0.25, 0.3) is 5.91 Å². The Morgan fingerprint density at radius 3 is 2.75 bits per heavy atom. The quantitative estimate of drug-likeness (QED) is 0.764. The summed E-state index contributed by atoms with van der Waals surface area (Å²) in [6.45, 7) is 4.64. The summed E-state index contributed by atoms with van der Waals surface area (Å²) in [5.41, 5.74) is 1.94. The molecule has 1 saturated heterocycles. The van der Waals surface area contributed by atoms with Crippen LogP contribution < -0.4 is 9.47 Å². The smallest absolute Gasteiger partial charge is 0.254 e. The zero-order valence-electron chi connectivity index (χ0n) is 15.9. The summed E-state index contributed by atoms with van der Waals surface area (Å²) < 4.78 is 10.7. The molecular formula is C22H25ClN2O3. The molecule has 1 fully saturated rings. The number of hydrogen-bond donors (Lipinski definition) is 0. The lowest BCUT2D eigenvalue weighted by Crippen LogP contribution is -2.35. The molecule has 2 heterocycles. The second-order valence-corrected chi connectivity index (χ2v) is 7.68. The molecule has 0 aromatic heterocycles. The second-order valence-electron chi connectivity index (χ2n) is 7.27. The Balaban J connectivity index is 1.31. The molecule has 0 bridgehead atoms. The van der Waals surface area contributed by atoms with Gasteiger partial charge in [0.05, 0.1) is 5.02 Å². The molecule has 2 aromatic carbocycles. The Bertz CT molecular complexity index is 828. The summed E-state index contributed by atoms with van der Waals surface area (Å²) in [6.07, 6.45) is 3.21. The van der Waals surface area contributed by atoms with Crippen molar-refractivity contribution in [2.24, 2.45) is 0 Å². The maximum absolute atomic E-state index is 13.0. The first-order chi connectivity index (χ1) is 13.7. The zero-order valence-corrected chi connectivity index (χ0v) is 16.7. The predicted octanol–water partition coefficient (Wildman–Crippen LogP) is 3.85. The lowest BCUT2D eigenvalue weighted by Gasteiger charge is -2.22. The van der Waals surface area contributed by atoms with Crippen molar-refractivity contribution in [1.82, 2.24) is 9.80 Å². The molecule has 0 aliphatic carbocycles. The van der Waals surface area contributed by atoms with Gasteiger partial charge < -0.3 is 19.3 Å². The highest BCUT2D eigenvalue weighted by Crippen LogP contribution is 2.40. The van der Waals surface area contributed by atoms with Crippen LogP contribution in [0.2, 0.25) is 5.02 Å². The molecule has 5 nitrogen and oxygen atoms in total. The Morgan fingerprint density at radius 1 is 1.04 bits per heavy atom. The topological polar surface area (TPSA) is 42.0 Å². The van der Waals surface area contributed by atoms with Crippen LogP contribution in [-0.4, -0.2) is 55.2 Å². The Morgan fingerprint density at radius 2 is 1.89 bits per heavy atom. The third-order valence-electron chi connectivity index (χ3n) is 5.33. The number of benzene rings is 2. The molecule has 1 amide bonds. The van der Waals surface area contributed by atoms with Gasteiger partial charge in [0, 0.05) is 25.2 Å².